The second kappa shape index (κ2) is 8.89. The number of hydrogen-bond acceptors (Lipinski definition) is 5. The molecule has 2 aromatic carbocycles. The number of aromatic nitrogens is 1. The zero-order valence-corrected chi connectivity index (χ0v) is 17.3. The zero-order valence-electron chi connectivity index (χ0n) is 16.5. The molecule has 1 aliphatic rings. The van der Waals surface area contributed by atoms with Crippen molar-refractivity contribution >= 4 is 17.2 Å². The minimum Gasteiger partial charge on any atom is -0.497 e. The van der Waals surface area contributed by atoms with Crippen molar-refractivity contribution in [2.75, 3.05) is 33.3 Å². The van der Waals surface area contributed by atoms with Crippen LogP contribution in [0.1, 0.15) is 15.4 Å². The first kappa shape index (κ1) is 20.4. The number of halogens is 2. The van der Waals surface area contributed by atoms with Crippen LogP contribution in [-0.4, -0.2) is 54.0 Å². The monoisotopic (exact) mass is 429 g/mol. The van der Waals surface area contributed by atoms with Gasteiger partial charge >= 0.3 is 0 Å². The fraction of sp³-hybridized carbons (Fsp3) is 0.273. The van der Waals surface area contributed by atoms with E-state index in [2.05, 4.69) is 4.90 Å². The van der Waals surface area contributed by atoms with Gasteiger partial charge in [-0.15, -0.1) is 11.3 Å². The Morgan fingerprint density at radius 2 is 1.93 bits per heavy atom. The first-order valence-corrected chi connectivity index (χ1v) is 10.5. The van der Waals surface area contributed by atoms with Crippen molar-refractivity contribution in [1.29, 1.82) is 0 Å². The molecule has 1 aromatic heterocycles. The Hall–Kier alpha value is -2.84. The van der Waals surface area contributed by atoms with Crippen molar-refractivity contribution in [1.82, 2.24) is 14.8 Å². The van der Waals surface area contributed by atoms with Gasteiger partial charge in [0.05, 0.1) is 24.9 Å². The summed E-state index contributed by atoms with van der Waals surface area (Å²) in [5.41, 5.74) is 1.83. The van der Waals surface area contributed by atoms with E-state index in [0.717, 1.165) is 34.1 Å². The quantitative estimate of drug-likeness (QED) is 0.614. The summed E-state index contributed by atoms with van der Waals surface area (Å²) in [6, 6.07) is 10.8. The van der Waals surface area contributed by atoms with E-state index in [4.69, 9.17) is 9.72 Å². The fourth-order valence-corrected chi connectivity index (χ4v) is 4.28. The third-order valence-corrected chi connectivity index (χ3v) is 5.93. The van der Waals surface area contributed by atoms with Crippen LogP contribution in [0.25, 0.3) is 11.3 Å². The van der Waals surface area contributed by atoms with Gasteiger partial charge in [0.25, 0.3) is 5.91 Å². The second-order valence-electron chi connectivity index (χ2n) is 7.05. The highest BCUT2D eigenvalue weighted by atomic mass is 32.1. The molecule has 0 unspecified atom stereocenters. The summed E-state index contributed by atoms with van der Waals surface area (Å²) in [5.74, 6) is -1.12. The molecule has 3 aromatic rings. The maximum absolute atomic E-state index is 13.9. The van der Waals surface area contributed by atoms with Crippen LogP contribution in [0.4, 0.5) is 8.78 Å². The minimum absolute atomic E-state index is 0.0901. The molecule has 0 radical (unpaired) electrons. The summed E-state index contributed by atoms with van der Waals surface area (Å²) in [6.45, 7) is 3.01. The molecule has 0 spiro atoms. The van der Waals surface area contributed by atoms with E-state index >= 15 is 0 Å². The number of ether oxygens (including phenoxy) is 1. The molecule has 1 fully saturated rings. The van der Waals surface area contributed by atoms with Gasteiger partial charge in [-0.3, -0.25) is 9.69 Å². The Kier molecular flexibility index (Phi) is 6.06. The topological polar surface area (TPSA) is 45.7 Å². The number of nitrogens with zero attached hydrogens (tertiary/aromatic N) is 3. The molecule has 8 heteroatoms. The van der Waals surface area contributed by atoms with Gasteiger partial charge < -0.3 is 9.64 Å². The highest BCUT2D eigenvalue weighted by Crippen LogP contribution is 2.26. The smallest absolute Gasteiger partial charge is 0.256 e. The molecule has 5 nitrogen and oxygen atoms in total. The maximum atomic E-state index is 13.9. The van der Waals surface area contributed by atoms with Gasteiger partial charge in [-0.25, -0.2) is 13.8 Å². The van der Waals surface area contributed by atoms with Crippen LogP contribution in [0.15, 0.2) is 47.8 Å². The second-order valence-corrected chi connectivity index (χ2v) is 7.99. The molecule has 30 heavy (non-hydrogen) atoms. The Labute approximate surface area is 177 Å². The Morgan fingerprint density at radius 1 is 1.13 bits per heavy atom. The van der Waals surface area contributed by atoms with Crippen LogP contribution in [0.5, 0.6) is 5.75 Å². The van der Waals surface area contributed by atoms with Crippen molar-refractivity contribution in [2.45, 2.75) is 6.54 Å². The van der Waals surface area contributed by atoms with Crippen molar-refractivity contribution in [3.8, 4) is 17.0 Å². The van der Waals surface area contributed by atoms with E-state index in [9.17, 15) is 13.6 Å². The van der Waals surface area contributed by atoms with Crippen LogP contribution >= 0.6 is 11.3 Å². The van der Waals surface area contributed by atoms with Gasteiger partial charge in [0, 0.05) is 43.2 Å². The number of carbonyl (C=O) groups excluding carboxylic acids is 1. The number of amides is 1. The van der Waals surface area contributed by atoms with Gasteiger partial charge in [0.2, 0.25) is 0 Å². The predicted octanol–water partition coefficient (Wildman–Crippen LogP) is 4.05. The van der Waals surface area contributed by atoms with E-state index in [1.165, 1.54) is 6.07 Å². The van der Waals surface area contributed by atoms with E-state index in [0.29, 0.717) is 32.7 Å². The third kappa shape index (κ3) is 4.49. The molecule has 1 amide bonds. The van der Waals surface area contributed by atoms with Crippen LogP contribution < -0.4 is 4.74 Å². The minimum atomic E-state index is -0.824. The van der Waals surface area contributed by atoms with E-state index in [1.807, 2.05) is 29.6 Å². The molecule has 1 aliphatic heterocycles. The number of benzene rings is 2. The number of methoxy groups -OCH3 is 1. The highest BCUT2D eigenvalue weighted by molar-refractivity contribution is 7.09. The third-order valence-electron chi connectivity index (χ3n) is 5.10. The summed E-state index contributed by atoms with van der Waals surface area (Å²) < 4.78 is 32.2. The van der Waals surface area contributed by atoms with Crippen molar-refractivity contribution in [2.24, 2.45) is 0 Å². The highest BCUT2D eigenvalue weighted by Gasteiger charge is 2.24. The molecule has 0 N–H and O–H groups in total. The number of hydrogen-bond donors (Lipinski definition) is 0. The zero-order chi connectivity index (χ0) is 21.1. The lowest BCUT2D eigenvalue weighted by atomic mass is 10.1. The van der Waals surface area contributed by atoms with Crippen LogP contribution in [0, 0.1) is 11.6 Å². The predicted molar refractivity (Wildman–Crippen MR) is 112 cm³/mol. The lowest BCUT2D eigenvalue weighted by molar-refractivity contribution is 0.0624. The Balaban J connectivity index is 1.35. The molecular formula is C22H21F2N3O2S. The molecule has 4 rings (SSSR count). The van der Waals surface area contributed by atoms with E-state index < -0.39 is 17.5 Å². The molecule has 1 saturated heterocycles. The molecular weight excluding hydrogens is 408 g/mol. The summed E-state index contributed by atoms with van der Waals surface area (Å²) >= 11 is 1.60. The number of carbonyl (C=O) groups is 1. The first-order chi connectivity index (χ1) is 14.5. The summed E-state index contributed by atoms with van der Waals surface area (Å²) in [6.07, 6.45) is 0. The van der Waals surface area contributed by atoms with Crippen LogP contribution in [0.2, 0.25) is 0 Å². The lowest BCUT2D eigenvalue weighted by Gasteiger charge is -2.34. The van der Waals surface area contributed by atoms with Crippen molar-refractivity contribution in [3.63, 3.8) is 0 Å². The normalized spacial score (nSPS) is 14.7. The van der Waals surface area contributed by atoms with Gasteiger partial charge in [-0.05, 0) is 24.3 Å². The number of rotatable bonds is 5. The summed E-state index contributed by atoms with van der Waals surface area (Å²) in [7, 11) is 1.64. The van der Waals surface area contributed by atoms with E-state index in [1.54, 1.807) is 23.3 Å². The first-order valence-electron chi connectivity index (χ1n) is 9.59. The Morgan fingerprint density at radius 3 is 2.67 bits per heavy atom. The standard InChI is InChI=1S/C22H21F2N3O2S/c1-29-17-4-2-3-15(11-17)20-14-30-21(25-20)13-26-7-9-27(10-8-26)22(28)18-6-5-16(23)12-19(18)24/h2-6,11-12,14H,7-10,13H2,1H3. The molecule has 0 saturated carbocycles. The number of piperazine rings is 1. The van der Waals surface area contributed by atoms with Gasteiger partial charge in [-0.1, -0.05) is 12.1 Å². The maximum Gasteiger partial charge on any atom is 0.256 e. The van der Waals surface area contributed by atoms with Crippen molar-refractivity contribution in [3.05, 3.63) is 70.1 Å². The lowest BCUT2D eigenvalue weighted by Crippen LogP contribution is -2.48. The number of thiazole rings is 1. The van der Waals surface area contributed by atoms with Gasteiger partial charge in [0.15, 0.2) is 0 Å². The molecule has 156 valence electrons. The van der Waals surface area contributed by atoms with Gasteiger partial charge in [-0.2, -0.15) is 0 Å². The molecule has 0 bridgehead atoms. The summed E-state index contributed by atoms with van der Waals surface area (Å²) in [4.78, 5) is 21.1. The van der Waals surface area contributed by atoms with Crippen LogP contribution in [-0.2, 0) is 6.54 Å². The van der Waals surface area contributed by atoms with Crippen LogP contribution in [0.3, 0.4) is 0 Å². The molecule has 0 aliphatic carbocycles. The average molecular weight is 429 g/mol. The van der Waals surface area contributed by atoms with Crippen molar-refractivity contribution < 1.29 is 18.3 Å². The fourth-order valence-electron chi connectivity index (χ4n) is 3.43. The average Bonchev–Trinajstić information content (AvgIpc) is 3.22. The SMILES string of the molecule is COc1cccc(-c2csc(CN3CCN(C(=O)c4ccc(F)cc4F)CC3)n2)c1. The largest absolute Gasteiger partial charge is 0.497 e. The molecule has 0 atom stereocenters. The summed E-state index contributed by atoms with van der Waals surface area (Å²) in [5, 5.41) is 3.03. The Bertz CT molecular complexity index is 1050. The molecule has 2 heterocycles. The van der Waals surface area contributed by atoms with Gasteiger partial charge in [0.1, 0.15) is 22.4 Å². The van der Waals surface area contributed by atoms with E-state index in [-0.39, 0.29) is 5.56 Å².